The van der Waals surface area contributed by atoms with E-state index < -0.39 is 4.92 Å². The van der Waals surface area contributed by atoms with Gasteiger partial charge in [0.2, 0.25) is 5.91 Å². The van der Waals surface area contributed by atoms with Gasteiger partial charge >= 0.3 is 0 Å². The number of non-ortho nitro benzene ring substituents is 1. The average Bonchev–Trinajstić information content (AvgIpc) is 3.20. The molecule has 1 saturated carbocycles. The van der Waals surface area contributed by atoms with Gasteiger partial charge in [-0.2, -0.15) is 0 Å². The van der Waals surface area contributed by atoms with E-state index >= 15 is 0 Å². The van der Waals surface area contributed by atoms with Crippen molar-refractivity contribution in [2.45, 2.75) is 19.8 Å². The van der Waals surface area contributed by atoms with Crippen LogP contribution < -0.4 is 10.6 Å². The molecular formula is C13H16ClN3O3. The van der Waals surface area contributed by atoms with E-state index in [0.29, 0.717) is 29.4 Å². The van der Waals surface area contributed by atoms with Crippen LogP contribution in [0.2, 0.25) is 5.02 Å². The van der Waals surface area contributed by atoms with Crippen LogP contribution in [0, 0.1) is 23.0 Å². The van der Waals surface area contributed by atoms with Crippen molar-refractivity contribution < 1.29 is 9.72 Å². The number of carbonyl (C=O) groups excluding carboxylic acids is 1. The predicted molar refractivity (Wildman–Crippen MR) is 77.1 cm³/mol. The number of nitrogens with zero attached hydrogens (tertiary/aromatic N) is 1. The number of hydrogen-bond acceptors (Lipinski definition) is 4. The molecule has 6 nitrogen and oxygen atoms in total. The summed E-state index contributed by atoms with van der Waals surface area (Å²) in [5.74, 6) is 0.290. The summed E-state index contributed by atoms with van der Waals surface area (Å²) in [5, 5.41) is 16.9. The summed E-state index contributed by atoms with van der Waals surface area (Å²) in [5.41, 5.74) is 1.34. The minimum atomic E-state index is -0.474. The lowest BCUT2D eigenvalue weighted by Gasteiger charge is -2.12. The number of benzene rings is 1. The largest absolute Gasteiger partial charge is 0.382 e. The molecule has 1 aromatic carbocycles. The lowest BCUT2D eigenvalue weighted by molar-refractivity contribution is -0.384. The van der Waals surface area contributed by atoms with E-state index in [1.807, 2.05) is 0 Å². The Hall–Kier alpha value is -1.82. The van der Waals surface area contributed by atoms with Crippen molar-refractivity contribution in [3.63, 3.8) is 0 Å². The summed E-state index contributed by atoms with van der Waals surface area (Å²) in [4.78, 5) is 21.7. The molecule has 2 N–H and O–H groups in total. The number of hydrogen-bond donors (Lipinski definition) is 2. The van der Waals surface area contributed by atoms with Gasteiger partial charge in [0.25, 0.3) is 5.69 Å². The van der Waals surface area contributed by atoms with Crippen LogP contribution in [0.5, 0.6) is 0 Å². The van der Waals surface area contributed by atoms with Crippen molar-refractivity contribution in [2.75, 3.05) is 18.4 Å². The van der Waals surface area contributed by atoms with Crippen LogP contribution in [0.3, 0.4) is 0 Å². The molecule has 20 heavy (non-hydrogen) atoms. The molecule has 1 fully saturated rings. The van der Waals surface area contributed by atoms with Gasteiger partial charge in [0.05, 0.1) is 15.6 Å². The van der Waals surface area contributed by atoms with Gasteiger partial charge in [0.1, 0.15) is 0 Å². The molecule has 0 atom stereocenters. The number of nitrogens with one attached hydrogen (secondary N) is 2. The monoisotopic (exact) mass is 297 g/mol. The van der Waals surface area contributed by atoms with E-state index in [1.54, 1.807) is 6.92 Å². The van der Waals surface area contributed by atoms with Crippen LogP contribution in [0.1, 0.15) is 18.4 Å². The molecule has 1 amide bonds. The number of nitro benzene ring substituents is 1. The zero-order valence-electron chi connectivity index (χ0n) is 11.1. The van der Waals surface area contributed by atoms with Gasteiger partial charge in [-0.3, -0.25) is 14.9 Å². The first-order valence-corrected chi connectivity index (χ1v) is 6.83. The Morgan fingerprint density at radius 3 is 2.70 bits per heavy atom. The fourth-order valence-corrected chi connectivity index (χ4v) is 2.25. The maximum Gasteiger partial charge on any atom is 0.271 e. The predicted octanol–water partition coefficient (Wildman–Crippen LogP) is 2.49. The molecule has 7 heteroatoms. The number of halogens is 1. The highest BCUT2D eigenvalue weighted by Gasteiger charge is 2.28. The number of aryl methyl sites for hydroxylation is 1. The number of anilines is 1. The Bertz CT molecular complexity index is 521. The summed E-state index contributed by atoms with van der Waals surface area (Å²) in [6, 6.07) is 2.79. The summed E-state index contributed by atoms with van der Waals surface area (Å²) in [6.45, 7) is 2.78. The van der Waals surface area contributed by atoms with E-state index in [2.05, 4.69) is 10.6 Å². The van der Waals surface area contributed by atoms with Crippen LogP contribution in [0.15, 0.2) is 12.1 Å². The van der Waals surface area contributed by atoms with Gasteiger partial charge < -0.3 is 10.6 Å². The Labute approximate surface area is 121 Å². The van der Waals surface area contributed by atoms with Crippen molar-refractivity contribution in [1.29, 1.82) is 0 Å². The van der Waals surface area contributed by atoms with Gasteiger partial charge in [0.15, 0.2) is 0 Å². The van der Waals surface area contributed by atoms with Crippen LogP contribution in [-0.4, -0.2) is 23.9 Å². The minimum Gasteiger partial charge on any atom is -0.382 e. The fraction of sp³-hybridized carbons (Fsp3) is 0.462. The Morgan fingerprint density at radius 1 is 1.45 bits per heavy atom. The van der Waals surface area contributed by atoms with Crippen LogP contribution in [0.25, 0.3) is 0 Å². The third-order valence-corrected chi connectivity index (χ3v) is 3.46. The maximum absolute atomic E-state index is 11.4. The molecule has 0 bridgehead atoms. The van der Waals surface area contributed by atoms with E-state index in [9.17, 15) is 14.9 Å². The van der Waals surface area contributed by atoms with Crippen molar-refractivity contribution in [3.05, 3.63) is 32.8 Å². The molecule has 108 valence electrons. The van der Waals surface area contributed by atoms with Gasteiger partial charge in [-0.05, 0) is 25.3 Å². The lowest BCUT2D eigenvalue weighted by atomic mass is 10.1. The molecule has 0 aliphatic heterocycles. The molecule has 0 unspecified atom stereocenters. The highest BCUT2D eigenvalue weighted by atomic mass is 35.5. The second-order valence-electron chi connectivity index (χ2n) is 4.87. The van der Waals surface area contributed by atoms with Gasteiger partial charge in [-0.1, -0.05) is 11.6 Å². The Morgan fingerprint density at radius 2 is 2.15 bits per heavy atom. The molecule has 0 spiro atoms. The third kappa shape index (κ3) is 3.60. The first-order chi connectivity index (χ1) is 9.49. The highest BCUT2D eigenvalue weighted by molar-refractivity contribution is 6.33. The van der Waals surface area contributed by atoms with E-state index in [4.69, 9.17) is 11.6 Å². The zero-order valence-corrected chi connectivity index (χ0v) is 11.9. The van der Waals surface area contributed by atoms with E-state index in [-0.39, 0.29) is 17.5 Å². The molecule has 1 aliphatic rings. The molecule has 0 heterocycles. The zero-order chi connectivity index (χ0) is 14.7. The van der Waals surface area contributed by atoms with Crippen molar-refractivity contribution in [1.82, 2.24) is 5.32 Å². The summed E-state index contributed by atoms with van der Waals surface area (Å²) < 4.78 is 0. The van der Waals surface area contributed by atoms with Crippen LogP contribution in [0.4, 0.5) is 11.4 Å². The molecule has 0 aromatic heterocycles. The fourth-order valence-electron chi connectivity index (χ4n) is 1.92. The molecule has 0 saturated heterocycles. The third-order valence-electron chi connectivity index (χ3n) is 3.16. The number of rotatable bonds is 6. The first-order valence-electron chi connectivity index (χ1n) is 6.45. The normalized spacial score (nSPS) is 13.9. The van der Waals surface area contributed by atoms with Crippen molar-refractivity contribution in [3.8, 4) is 0 Å². The summed E-state index contributed by atoms with van der Waals surface area (Å²) in [6.07, 6.45) is 1.96. The molecule has 1 aliphatic carbocycles. The highest BCUT2D eigenvalue weighted by Crippen LogP contribution is 2.30. The molecule has 0 radical (unpaired) electrons. The second kappa shape index (κ2) is 6.09. The molecule has 2 rings (SSSR count). The van der Waals surface area contributed by atoms with E-state index in [0.717, 1.165) is 12.8 Å². The van der Waals surface area contributed by atoms with Gasteiger partial charge in [-0.25, -0.2) is 0 Å². The second-order valence-corrected chi connectivity index (χ2v) is 5.28. The maximum atomic E-state index is 11.4. The summed E-state index contributed by atoms with van der Waals surface area (Å²) >= 11 is 6.03. The molecular weight excluding hydrogens is 282 g/mol. The topological polar surface area (TPSA) is 84.3 Å². The van der Waals surface area contributed by atoms with E-state index in [1.165, 1.54) is 12.1 Å². The average molecular weight is 298 g/mol. The van der Waals surface area contributed by atoms with Crippen LogP contribution >= 0.6 is 11.6 Å². The van der Waals surface area contributed by atoms with Crippen molar-refractivity contribution >= 4 is 28.9 Å². The number of nitro groups is 1. The number of carbonyl (C=O) groups is 1. The smallest absolute Gasteiger partial charge is 0.271 e. The SMILES string of the molecule is Cc1cc([N+](=O)[O-])cc(Cl)c1NCCNC(=O)C1CC1. The summed E-state index contributed by atoms with van der Waals surface area (Å²) in [7, 11) is 0. The quantitative estimate of drug-likeness (QED) is 0.480. The standard InChI is InChI=1S/C13H16ClN3O3/c1-8-6-10(17(19)20)7-11(14)12(8)15-4-5-16-13(18)9-2-3-9/h6-7,9,15H,2-5H2,1H3,(H,16,18). The van der Waals surface area contributed by atoms with Crippen LogP contribution in [-0.2, 0) is 4.79 Å². The number of amides is 1. The molecule has 1 aromatic rings. The first kappa shape index (κ1) is 14.6. The van der Waals surface area contributed by atoms with Gasteiger partial charge in [0, 0.05) is 31.1 Å². The minimum absolute atomic E-state index is 0.0277. The lowest BCUT2D eigenvalue weighted by Crippen LogP contribution is -2.29. The Kier molecular flexibility index (Phi) is 4.44. The van der Waals surface area contributed by atoms with Gasteiger partial charge in [-0.15, -0.1) is 0 Å². The van der Waals surface area contributed by atoms with Crippen molar-refractivity contribution in [2.24, 2.45) is 5.92 Å². The Balaban J connectivity index is 1.88.